The van der Waals surface area contributed by atoms with Gasteiger partial charge in [0.25, 0.3) is 0 Å². The average molecular weight is 263 g/mol. The zero-order valence-electron chi connectivity index (χ0n) is 10.4. The minimum absolute atomic E-state index is 0.250. The fourth-order valence-electron chi connectivity index (χ4n) is 1.55. The number of aromatic nitrogens is 1. The molecule has 0 spiro atoms. The smallest absolute Gasteiger partial charge is 0.226 e. The molecule has 2 rings (SSSR count). The van der Waals surface area contributed by atoms with Gasteiger partial charge in [0, 0.05) is 17.9 Å². The second kappa shape index (κ2) is 6.61. The third kappa shape index (κ3) is 3.62. The van der Waals surface area contributed by atoms with Crippen molar-refractivity contribution < 1.29 is 9.52 Å². The van der Waals surface area contributed by atoms with Gasteiger partial charge in [-0.25, -0.2) is 4.98 Å². The molecule has 18 heavy (non-hydrogen) atoms. The van der Waals surface area contributed by atoms with Gasteiger partial charge >= 0.3 is 0 Å². The van der Waals surface area contributed by atoms with Crippen LogP contribution < -0.4 is 0 Å². The number of nitrogens with zero attached hydrogens (tertiary/aromatic N) is 1. The zero-order chi connectivity index (χ0) is 12.8. The van der Waals surface area contributed by atoms with Crippen molar-refractivity contribution in [1.82, 2.24) is 4.98 Å². The third-order valence-electron chi connectivity index (χ3n) is 2.55. The van der Waals surface area contributed by atoms with Crippen molar-refractivity contribution in [2.45, 2.75) is 19.1 Å². The molecule has 2 aromatic rings. The molecule has 3 nitrogen and oxygen atoms in total. The van der Waals surface area contributed by atoms with E-state index in [1.165, 1.54) is 5.56 Å². The lowest BCUT2D eigenvalue weighted by Crippen LogP contribution is -1.87. The van der Waals surface area contributed by atoms with Crippen LogP contribution in [0.2, 0.25) is 0 Å². The summed E-state index contributed by atoms with van der Waals surface area (Å²) in [5.74, 6) is 2.45. The lowest BCUT2D eigenvalue weighted by Gasteiger charge is -1.96. The molecule has 0 aliphatic rings. The van der Waals surface area contributed by atoms with Crippen molar-refractivity contribution in [1.29, 1.82) is 0 Å². The fraction of sp³-hybridized carbons (Fsp3) is 0.357. The van der Waals surface area contributed by atoms with Crippen LogP contribution in [0.4, 0.5) is 0 Å². The minimum atomic E-state index is 0.250. The van der Waals surface area contributed by atoms with E-state index in [9.17, 15) is 0 Å². The maximum atomic E-state index is 8.69. The van der Waals surface area contributed by atoms with Gasteiger partial charge in [0.05, 0.1) is 5.69 Å². The Balaban J connectivity index is 1.95. The van der Waals surface area contributed by atoms with Crippen molar-refractivity contribution in [3.63, 3.8) is 0 Å². The molecule has 0 aliphatic carbocycles. The highest BCUT2D eigenvalue weighted by Gasteiger charge is 2.06. The van der Waals surface area contributed by atoms with Crippen LogP contribution in [0.25, 0.3) is 11.5 Å². The summed E-state index contributed by atoms with van der Waals surface area (Å²) in [6.07, 6.45) is 2.54. The first-order chi connectivity index (χ1) is 8.79. The molecule has 0 saturated carbocycles. The van der Waals surface area contributed by atoms with E-state index in [2.05, 4.69) is 24.0 Å². The first kappa shape index (κ1) is 13.2. The molecular weight excluding hydrogens is 246 g/mol. The molecule has 0 fully saturated rings. The Kier molecular flexibility index (Phi) is 4.84. The Bertz CT molecular complexity index is 479. The van der Waals surface area contributed by atoms with Gasteiger partial charge in [-0.2, -0.15) is 11.8 Å². The molecule has 4 heteroatoms. The monoisotopic (exact) mass is 263 g/mol. The Labute approximate surface area is 111 Å². The fourth-order valence-corrected chi connectivity index (χ4v) is 2.36. The first-order valence-electron chi connectivity index (χ1n) is 5.99. The van der Waals surface area contributed by atoms with E-state index in [0.717, 1.165) is 29.2 Å². The van der Waals surface area contributed by atoms with Crippen LogP contribution in [-0.4, -0.2) is 22.5 Å². The quantitative estimate of drug-likeness (QED) is 0.813. The number of aryl methyl sites for hydroxylation is 1. The number of aliphatic hydroxyl groups is 1. The van der Waals surface area contributed by atoms with Gasteiger partial charge in [0.1, 0.15) is 6.26 Å². The van der Waals surface area contributed by atoms with Gasteiger partial charge in [-0.1, -0.05) is 17.7 Å². The molecule has 1 aromatic heterocycles. The van der Waals surface area contributed by atoms with E-state index in [-0.39, 0.29) is 6.61 Å². The molecule has 0 bridgehead atoms. The first-order valence-corrected chi connectivity index (χ1v) is 7.15. The van der Waals surface area contributed by atoms with E-state index in [4.69, 9.17) is 9.52 Å². The van der Waals surface area contributed by atoms with Crippen molar-refractivity contribution in [3.8, 4) is 11.5 Å². The second-order valence-electron chi connectivity index (χ2n) is 4.14. The molecule has 1 N–H and O–H groups in total. The van der Waals surface area contributed by atoms with Gasteiger partial charge in [0.2, 0.25) is 5.89 Å². The van der Waals surface area contributed by atoms with Crippen LogP contribution in [-0.2, 0) is 5.75 Å². The van der Waals surface area contributed by atoms with E-state index in [1.54, 1.807) is 18.0 Å². The number of rotatable bonds is 6. The van der Waals surface area contributed by atoms with Crippen LogP contribution in [0.15, 0.2) is 34.9 Å². The van der Waals surface area contributed by atoms with Gasteiger partial charge in [-0.05, 0) is 31.2 Å². The molecule has 0 saturated heterocycles. The third-order valence-corrected chi connectivity index (χ3v) is 3.62. The molecule has 0 atom stereocenters. The summed E-state index contributed by atoms with van der Waals surface area (Å²) < 4.78 is 5.47. The number of thioether (sulfide) groups is 1. The highest BCUT2D eigenvalue weighted by atomic mass is 32.2. The molecule has 1 heterocycles. The summed E-state index contributed by atoms with van der Waals surface area (Å²) >= 11 is 1.76. The molecule has 0 radical (unpaired) electrons. The summed E-state index contributed by atoms with van der Waals surface area (Å²) in [6.45, 7) is 2.31. The molecule has 96 valence electrons. The second-order valence-corrected chi connectivity index (χ2v) is 5.24. The van der Waals surface area contributed by atoms with Crippen molar-refractivity contribution in [2.75, 3.05) is 12.4 Å². The lowest BCUT2D eigenvalue weighted by molar-refractivity contribution is 0.296. The number of hydrogen-bond acceptors (Lipinski definition) is 4. The molecule has 0 amide bonds. The van der Waals surface area contributed by atoms with E-state index in [0.29, 0.717) is 5.89 Å². The van der Waals surface area contributed by atoms with E-state index < -0.39 is 0 Å². The van der Waals surface area contributed by atoms with Crippen molar-refractivity contribution >= 4 is 11.8 Å². The maximum absolute atomic E-state index is 8.69. The summed E-state index contributed by atoms with van der Waals surface area (Å²) in [4.78, 5) is 4.46. The van der Waals surface area contributed by atoms with Crippen molar-refractivity contribution in [2.24, 2.45) is 0 Å². The summed E-state index contributed by atoms with van der Waals surface area (Å²) in [6, 6.07) is 8.14. The average Bonchev–Trinajstić information content (AvgIpc) is 2.84. The molecular formula is C14H17NO2S. The van der Waals surface area contributed by atoms with Gasteiger partial charge in [-0.15, -0.1) is 0 Å². The summed E-state index contributed by atoms with van der Waals surface area (Å²) in [5, 5.41) is 8.69. The van der Waals surface area contributed by atoms with Crippen molar-refractivity contribution in [3.05, 3.63) is 41.8 Å². The van der Waals surface area contributed by atoms with Crippen LogP contribution in [0, 0.1) is 6.92 Å². The summed E-state index contributed by atoms with van der Waals surface area (Å²) in [5.41, 5.74) is 3.19. The topological polar surface area (TPSA) is 46.3 Å². The van der Waals surface area contributed by atoms with Gasteiger partial charge < -0.3 is 9.52 Å². The van der Waals surface area contributed by atoms with Gasteiger partial charge in [-0.3, -0.25) is 0 Å². The van der Waals surface area contributed by atoms with Crippen LogP contribution in [0.5, 0.6) is 0 Å². The Morgan fingerprint density at radius 2 is 2.06 bits per heavy atom. The number of aliphatic hydroxyl groups excluding tert-OH is 1. The predicted octanol–water partition coefficient (Wildman–Crippen LogP) is 3.27. The maximum Gasteiger partial charge on any atom is 0.226 e. The van der Waals surface area contributed by atoms with Crippen LogP contribution in [0.3, 0.4) is 0 Å². The zero-order valence-corrected chi connectivity index (χ0v) is 11.2. The number of benzene rings is 1. The van der Waals surface area contributed by atoms with Crippen LogP contribution in [0.1, 0.15) is 17.7 Å². The SMILES string of the molecule is Cc1ccc(-c2nc(CSCCCO)co2)cc1. The number of oxazole rings is 1. The van der Waals surface area contributed by atoms with E-state index in [1.807, 2.05) is 12.1 Å². The molecule has 1 aromatic carbocycles. The summed E-state index contributed by atoms with van der Waals surface area (Å²) in [7, 11) is 0. The highest BCUT2D eigenvalue weighted by molar-refractivity contribution is 7.98. The minimum Gasteiger partial charge on any atom is -0.444 e. The number of hydrogen-bond donors (Lipinski definition) is 1. The highest BCUT2D eigenvalue weighted by Crippen LogP contribution is 2.21. The normalized spacial score (nSPS) is 10.8. The van der Waals surface area contributed by atoms with E-state index >= 15 is 0 Å². The lowest BCUT2D eigenvalue weighted by atomic mass is 10.1. The van der Waals surface area contributed by atoms with Gasteiger partial charge in [0.15, 0.2) is 0 Å². The Hall–Kier alpha value is -1.26. The molecule has 0 aliphatic heterocycles. The standard InChI is InChI=1S/C14H17NO2S/c1-11-3-5-12(6-4-11)14-15-13(9-17-14)10-18-8-2-7-16/h3-6,9,16H,2,7-8,10H2,1H3. The Morgan fingerprint density at radius 3 is 2.78 bits per heavy atom. The van der Waals surface area contributed by atoms with Crippen LogP contribution >= 0.6 is 11.8 Å². The largest absolute Gasteiger partial charge is 0.444 e. The predicted molar refractivity (Wildman–Crippen MR) is 74.5 cm³/mol. The molecule has 0 unspecified atom stereocenters. The Morgan fingerprint density at radius 1 is 1.28 bits per heavy atom.